The van der Waals surface area contributed by atoms with Crippen LogP contribution >= 0.6 is 0 Å². The minimum absolute atomic E-state index is 0.810. The predicted molar refractivity (Wildman–Crippen MR) is 49.1 cm³/mol. The molecule has 0 aromatic rings. The summed E-state index contributed by atoms with van der Waals surface area (Å²) in [4.78, 5) is 0. The average molecular weight is 157 g/mol. The van der Waals surface area contributed by atoms with E-state index in [0.717, 1.165) is 26.2 Å². The Balaban J connectivity index is 2.74. The van der Waals surface area contributed by atoms with Gasteiger partial charge in [-0.05, 0) is 32.1 Å². The Labute approximate surface area is 69.0 Å². The highest BCUT2D eigenvalue weighted by molar-refractivity contribution is 4.61. The van der Waals surface area contributed by atoms with E-state index in [1.165, 1.54) is 12.8 Å². The molecule has 0 heterocycles. The first-order chi connectivity index (χ1) is 5.41. The summed E-state index contributed by atoms with van der Waals surface area (Å²) in [6.45, 7) is 6.22. The fourth-order valence-electron chi connectivity index (χ4n) is 0.804. The molecule has 0 rings (SSSR count). The second-order valence-electron chi connectivity index (χ2n) is 2.43. The highest BCUT2D eigenvalue weighted by Crippen LogP contribution is 1.89. The molecule has 11 heavy (non-hydrogen) atoms. The lowest BCUT2D eigenvalue weighted by atomic mass is 10.2. The van der Waals surface area contributed by atoms with Crippen molar-refractivity contribution in [2.75, 3.05) is 19.8 Å². The molecule has 66 valence electrons. The highest BCUT2D eigenvalue weighted by atomic mass is 15.0. The SMILES string of the molecule is C=CNCNCCCCCN. The van der Waals surface area contributed by atoms with Crippen molar-refractivity contribution in [3.63, 3.8) is 0 Å². The van der Waals surface area contributed by atoms with Gasteiger partial charge in [-0.1, -0.05) is 13.0 Å². The molecule has 0 unspecified atom stereocenters. The summed E-state index contributed by atoms with van der Waals surface area (Å²) < 4.78 is 0. The minimum Gasteiger partial charge on any atom is -0.379 e. The molecule has 0 bridgehead atoms. The monoisotopic (exact) mass is 157 g/mol. The number of nitrogens with one attached hydrogen (secondary N) is 2. The van der Waals surface area contributed by atoms with E-state index < -0.39 is 0 Å². The molecule has 0 aliphatic carbocycles. The van der Waals surface area contributed by atoms with E-state index in [0.29, 0.717) is 0 Å². The summed E-state index contributed by atoms with van der Waals surface area (Å²) >= 11 is 0. The first kappa shape index (κ1) is 10.5. The summed E-state index contributed by atoms with van der Waals surface area (Å²) in [5.74, 6) is 0. The van der Waals surface area contributed by atoms with Gasteiger partial charge in [0, 0.05) is 0 Å². The van der Waals surface area contributed by atoms with Gasteiger partial charge in [-0.3, -0.25) is 0 Å². The van der Waals surface area contributed by atoms with E-state index in [9.17, 15) is 0 Å². The topological polar surface area (TPSA) is 50.1 Å². The lowest BCUT2D eigenvalue weighted by Crippen LogP contribution is -2.25. The molecule has 0 aromatic heterocycles. The van der Waals surface area contributed by atoms with Crippen molar-refractivity contribution in [2.24, 2.45) is 5.73 Å². The van der Waals surface area contributed by atoms with Gasteiger partial charge in [0.05, 0.1) is 6.67 Å². The fourth-order valence-corrected chi connectivity index (χ4v) is 0.804. The Kier molecular flexibility index (Phi) is 9.00. The zero-order chi connectivity index (χ0) is 8.36. The predicted octanol–water partition coefficient (Wildman–Crippen LogP) is 0.396. The van der Waals surface area contributed by atoms with Crippen LogP contribution < -0.4 is 16.4 Å². The molecule has 0 atom stereocenters. The number of unbranched alkanes of at least 4 members (excludes halogenated alkanes) is 2. The van der Waals surface area contributed by atoms with E-state index in [-0.39, 0.29) is 0 Å². The lowest BCUT2D eigenvalue weighted by molar-refractivity contribution is 0.590. The summed E-state index contributed by atoms with van der Waals surface area (Å²) in [7, 11) is 0. The van der Waals surface area contributed by atoms with Crippen LogP contribution in [-0.4, -0.2) is 19.8 Å². The zero-order valence-electron chi connectivity index (χ0n) is 7.10. The summed E-state index contributed by atoms with van der Waals surface area (Å²) in [6, 6.07) is 0. The number of nitrogens with two attached hydrogens (primary N) is 1. The first-order valence-corrected chi connectivity index (χ1v) is 4.17. The van der Waals surface area contributed by atoms with E-state index in [1.807, 2.05) is 0 Å². The van der Waals surface area contributed by atoms with Crippen LogP contribution in [0, 0.1) is 0 Å². The van der Waals surface area contributed by atoms with E-state index in [4.69, 9.17) is 5.73 Å². The summed E-state index contributed by atoms with van der Waals surface area (Å²) in [6.07, 6.45) is 5.25. The largest absolute Gasteiger partial charge is 0.379 e. The zero-order valence-corrected chi connectivity index (χ0v) is 7.10. The highest BCUT2D eigenvalue weighted by Gasteiger charge is 1.85. The first-order valence-electron chi connectivity index (χ1n) is 4.17. The standard InChI is InChI=1S/C8H19N3/c1-2-10-8-11-7-5-3-4-6-9/h2,10-11H,1,3-9H2. The Morgan fingerprint density at radius 1 is 1.27 bits per heavy atom. The van der Waals surface area contributed by atoms with Crippen LogP contribution in [0.25, 0.3) is 0 Å². The van der Waals surface area contributed by atoms with Crippen LogP contribution in [0.1, 0.15) is 19.3 Å². The number of hydrogen-bond acceptors (Lipinski definition) is 3. The van der Waals surface area contributed by atoms with E-state index >= 15 is 0 Å². The van der Waals surface area contributed by atoms with Crippen LogP contribution in [0.3, 0.4) is 0 Å². The van der Waals surface area contributed by atoms with Gasteiger partial charge < -0.3 is 16.4 Å². The second-order valence-corrected chi connectivity index (χ2v) is 2.43. The molecule has 0 aliphatic heterocycles. The molecule has 0 amide bonds. The third kappa shape index (κ3) is 9.46. The van der Waals surface area contributed by atoms with Gasteiger partial charge >= 0.3 is 0 Å². The van der Waals surface area contributed by atoms with Crippen LogP contribution in [0.2, 0.25) is 0 Å². The molecule has 3 heteroatoms. The maximum atomic E-state index is 5.34. The Morgan fingerprint density at radius 3 is 2.73 bits per heavy atom. The van der Waals surface area contributed by atoms with Crippen molar-refractivity contribution in [1.82, 2.24) is 10.6 Å². The van der Waals surface area contributed by atoms with Gasteiger partial charge in [-0.25, -0.2) is 0 Å². The smallest absolute Gasteiger partial charge is 0.0647 e. The fraction of sp³-hybridized carbons (Fsp3) is 0.750. The van der Waals surface area contributed by atoms with Gasteiger partial charge in [0.25, 0.3) is 0 Å². The molecule has 0 saturated carbocycles. The molecule has 0 radical (unpaired) electrons. The second kappa shape index (κ2) is 9.46. The minimum atomic E-state index is 0.810. The maximum absolute atomic E-state index is 5.34. The molecule has 0 aliphatic rings. The quantitative estimate of drug-likeness (QED) is 0.353. The van der Waals surface area contributed by atoms with Crippen molar-refractivity contribution in [1.29, 1.82) is 0 Å². The van der Waals surface area contributed by atoms with Gasteiger partial charge in [-0.2, -0.15) is 0 Å². The van der Waals surface area contributed by atoms with Crippen molar-refractivity contribution in [3.05, 3.63) is 12.8 Å². The van der Waals surface area contributed by atoms with Crippen molar-refractivity contribution in [3.8, 4) is 0 Å². The molecule has 0 spiro atoms. The molecule has 0 saturated heterocycles. The molecule has 4 N–H and O–H groups in total. The summed E-state index contributed by atoms with van der Waals surface area (Å²) in [5.41, 5.74) is 5.34. The van der Waals surface area contributed by atoms with E-state index in [2.05, 4.69) is 17.2 Å². The van der Waals surface area contributed by atoms with Crippen LogP contribution in [0.5, 0.6) is 0 Å². The van der Waals surface area contributed by atoms with Gasteiger partial charge in [-0.15, -0.1) is 0 Å². The van der Waals surface area contributed by atoms with Crippen molar-refractivity contribution >= 4 is 0 Å². The Hall–Kier alpha value is -0.540. The molecular formula is C8H19N3. The van der Waals surface area contributed by atoms with Crippen molar-refractivity contribution in [2.45, 2.75) is 19.3 Å². The van der Waals surface area contributed by atoms with Gasteiger partial charge in [0.2, 0.25) is 0 Å². The Bertz CT molecular complexity index is 83.4. The number of rotatable bonds is 8. The Morgan fingerprint density at radius 2 is 2.09 bits per heavy atom. The van der Waals surface area contributed by atoms with Crippen LogP contribution in [0.4, 0.5) is 0 Å². The lowest BCUT2D eigenvalue weighted by Gasteiger charge is -2.03. The third-order valence-electron chi connectivity index (χ3n) is 1.43. The van der Waals surface area contributed by atoms with Crippen molar-refractivity contribution < 1.29 is 0 Å². The van der Waals surface area contributed by atoms with Crippen LogP contribution in [-0.2, 0) is 0 Å². The number of hydrogen-bond donors (Lipinski definition) is 3. The maximum Gasteiger partial charge on any atom is 0.0647 e. The summed E-state index contributed by atoms with van der Waals surface area (Å²) in [5, 5.41) is 6.19. The van der Waals surface area contributed by atoms with Gasteiger partial charge in [0.1, 0.15) is 0 Å². The van der Waals surface area contributed by atoms with E-state index in [1.54, 1.807) is 6.20 Å². The normalized spacial score (nSPS) is 9.55. The van der Waals surface area contributed by atoms with Crippen LogP contribution in [0.15, 0.2) is 12.8 Å². The third-order valence-corrected chi connectivity index (χ3v) is 1.43. The molecule has 0 fully saturated rings. The molecule has 3 nitrogen and oxygen atoms in total. The van der Waals surface area contributed by atoms with Gasteiger partial charge in [0.15, 0.2) is 0 Å². The average Bonchev–Trinajstić information content (AvgIpc) is 2.03. The molecular weight excluding hydrogens is 138 g/mol. The molecule has 0 aromatic carbocycles.